The van der Waals surface area contributed by atoms with Gasteiger partial charge in [0.1, 0.15) is 0 Å². The van der Waals surface area contributed by atoms with Crippen LogP contribution in [0.5, 0.6) is 0 Å². The average molecular weight is 251 g/mol. The van der Waals surface area contributed by atoms with Crippen molar-refractivity contribution in [2.24, 2.45) is 7.05 Å². The summed E-state index contributed by atoms with van der Waals surface area (Å²) >= 11 is 0. The number of hydrogen-bond acceptors (Lipinski definition) is 3. The topological polar surface area (TPSA) is 58.4 Å². The van der Waals surface area contributed by atoms with E-state index in [4.69, 9.17) is 0 Å². The van der Waals surface area contributed by atoms with Gasteiger partial charge in [0.15, 0.2) is 0 Å². The fourth-order valence-corrected chi connectivity index (χ4v) is 2.54. The van der Waals surface area contributed by atoms with E-state index in [2.05, 4.69) is 5.10 Å². The number of aromatic nitrogens is 2. The Bertz CT molecular complexity index is 451. The van der Waals surface area contributed by atoms with Crippen molar-refractivity contribution >= 4 is 5.91 Å². The van der Waals surface area contributed by atoms with Crippen LogP contribution in [0.1, 0.15) is 42.7 Å². The number of hydrogen-bond donors (Lipinski definition) is 1. The first-order valence-corrected chi connectivity index (χ1v) is 6.47. The van der Waals surface area contributed by atoms with E-state index in [0.717, 1.165) is 25.0 Å². The molecule has 1 N–H and O–H groups in total. The molecule has 1 saturated heterocycles. The molecule has 1 atom stereocenters. The Morgan fingerprint density at radius 1 is 1.61 bits per heavy atom. The zero-order valence-corrected chi connectivity index (χ0v) is 11.3. The summed E-state index contributed by atoms with van der Waals surface area (Å²) in [6.45, 7) is 4.90. The van der Waals surface area contributed by atoms with Gasteiger partial charge in [-0.3, -0.25) is 9.48 Å². The summed E-state index contributed by atoms with van der Waals surface area (Å²) in [7, 11) is 1.82. The van der Waals surface area contributed by atoms with Gasteiger partial charge in [0.2, 0.25) is 0 Å². The quantitative estimate of drug-likeness (QED) is 0.852. The second-order valence-corrected chi connectivity index (χ2v) is 5.34. The number of carbonyl (C=O) groups excluding carboxylic acids is 1. The third-order valence-corrected chi connectivity index (χ3v) is 3.43. The molecule has 5 nitrogen and oxygen atoms in total. The number of nitrogens with zero attached hydrogens (tertiary/aromatic N) is 3. The van der Waals surface area contributed by atoms with Crippen molar-refractivity contribution in [2.75, 3.05) is 13.1 Å². The van der Waals surface area contributed by atoms with Crippen LogP contribution in [-0.4, -0.2) is 44.4 Å². The van der Waals surface area contributed by atoms with Crippen molar-refractivity contribution in [1.29, 1.82) is 0 Å². The lowest BCUT2D eigenvalue weighted by Gasteiger charge is -2.36. The molecule has 5 heteroatoms. The van der Waals surface area contributed by atoms with E-state index < -0.39 is 5.60 Å². The first-order valence-electron chi connectivity index (χ1n) is 6.47. The lowest BCUT2D eigenvalue weighted by molar-refractivity contribution is -0.0107. The standard InChI is InChI=1S/C13H21N3O2/c1-4-11-10(8-15(3)14-11)12(17)16-7-5-6-13(2,18)9-16/h8,18H,4-7,9H2,1-3H3. The molecule has 0 bridgehead atoms. The molecule has 2 rings (SSSR count). The SMILES string of the molecule is CCc1nn(C)cc1C(=O)N1CCCC(C)(O)C1. The van der Waals surface area contributed by atoms with Crippen molar-refractivity contribution in [1.82, 2.24) is 14.7 Å². The highest BCUT2D eigenvalue weighted by Crippen LogP contribution is 2.22. The summed E-state index contributed by atoms with van der Waals surface area (Å²) in [5.41, 5.74) is 0.730. The van der Waals surface area contributed by atoms with Gasteiger partial charge in [-0.2, -0.15) is 5.10 Å². The van der Waals surface area contributed by atoms with Crippen LogP contribution in [0.25, 0.3) is 0 Å². The minimum Gasteiger partial charge on any atom is -0.388 e. The molecule has 0 aromatic carbocycles. The first kappa shape index (κ1) is 13.1. The number of rotatable bonds is 2. The second-order valence-electron chi connectivity index (χ2n) is 5.34. The summed E-state index contributed by atoms with van der Waals surface area (Å²) in [5.74, 6) is -0.0140. The van der Waals surface area contributed by atoms with Crippen LogP contribution in [0.2, 0.25) is 0 Å². The molecule has 2 heterocycles. The maximum Gasteiger partial charge on any atom is 0.257 e. The van der Waals surface area contributed by atoms with Gasteiger partial charge in [0.05, 0.1) is 16.9 Å². The molecule has 1 unspecified atom stereocenters. The van der Waals surface area contributed by atoms with E-state index in [1.807, 2.05) is 14.0 Å². The van der Waals surface area contributed by atoms with E-state index in [-0.39, 0.29) is 5.91 Å². The Kier molecular flexibility index (Phi) is 3.43. The van der Waals surface area contributed by atoms with Gasteiger partial charge in [-0.05, 0) is 26.2 Å². The van der Waals surface area contributed by atoms with Crippen LogP contribution in [0.15, 0.2) is 6.20 Å². The molecular formula is C13H21N3O2. The van der Waals surface area contributed by atoms with Gasteiger partial charge in [-0.1, -0.05) is 6.92 Å². The van der Waals surface area contributed by atoms with Gasteiger partial charge in [0.25, 0.3) is 5.91 Å². The van der Waals surface area contributed by atoms with Crippen molar-refractivity contribution in [2.45, 2.75) is 38.7 Å². The third-order valence-electron chi connectivity index (χ3n) is 3.43. The van der Waals surface area contributed by atoms with Gasteiger partial charge in [0, 0.05) is 26.3 Å². The first-order chi connectivity index (χ1) is 8.43. The van der Waals surface area contributed by atoms with Crippen molar-refractivity contribution in [3.8, 4) is 0 Å². The van der Waals surface area contributed by atoms with Crippen LogP contribution in [0.4, 0.5) is 0 Å². The van der Waals surface area contributed by atoms with E-state index in [1.165, 1.54) is 0 Å². The molecule has 1 fully saturated rings. The largest absolute Gasteiger partial charge is 0.388 e. The molecule has 1 aromatic heterocycles. The van der Waals surface area contributed by atoms with Gasteiger partial charge in [-0.15, -0.1) is 0 Å². The zero-order chi connectivity index (χ0) is 13.3. The zero-order valence-electron chi connectivity index (χ0n) is 11.3. The highest BCUT2D eigenvalue weighted by atomic mass is 16.3. The third kappa shape index (κ3) is 2.56. The number of piperidine rings is 1. The molecule has 1 aromatic rings. The molecule has 1 aliphatic heterocycles. The summed E-state index contributed by atoms with van der Waals surface area (Å²) in [6, 6.07) is 0. The fourth-order valence-electron chi connectivity index (χ4n) is 2.54. The molecule has 0 aliphatic carbocycles. The van der Waals surface area contributed by atoms with Crippen molar-refractivity contribution in [3.63, 3.8) is 0 Å². The number of aliphatic hydroxyl groups is 1. The normalized spacial score (nSPS) is 24.3. The fraction of sp³-hybridized carbons (Fsp3) is 0.692. The summed E-state index contributed by atoms with van der Waals surface area (Å²) in [5, 5.41) is 14.3. The number of likely N-dealkylation sites (tertiary alicyclic amines) is 1. The Morgan fingerprint density at radius 2 is 2.33 bits per heavy atom. The number of amides is 1. The van der Waals surface area contributed by atoms with Gasteiger partial charge < -0.3 is 10.0 Å². The Hall–Kier alpha value is -1.36. The lowest BCUT2D eigenvalue weighted by atomic mass is 9.94. The van der Waals surface area contributed by atoms with Crippen molar-refractivity contribution < 1.29 is 9.90 Å². The Labute approximate surface area is 107 Å². The van der Waals surface area contributed by atoms with Crippen LogP contribution in [0, 0.1) is 0 Å². The highest BCUT2D eigenvalue weighted by molar-refractivity contribution is 5.95. The average Bonchev–Trinajstić information content (AvgIpc) is 2.68. The van der Waals surface area contributed by atoms with Crippen molar-refractivity contribution in [3.05, 3.63) is 17.5 Å². The Morgan fingerprint density at radius 3 is 2.94 bits per heavy atom. The highest BCUT2D eigenvalue weighted by Gasteiger charge is 2.32. The molecule has 1 aliphatic rings. The minimum atomic E-state index is -0.761. The molecule has 1 amide bonds. The molecule has 100 valence electrons. The van der Waals surface area contributed by atoms with Gasteiger partial charge in [-0.25, -0.2) is 0 Å². The summed E-state index contributed by atoms with van der Waals surface area (Å²) in [6.07, 6.45) is 4.11. The number of aryl methyl sites for hydroxylation is 2. The minimum absolute atomic E-state index is 0.0140. The van der Waals surface area contributed by atoms with E-state index >= 15 is 0 Å². The predicted molar refractivity (Wildman–Crippen MR) is 68.3 cm³/mol. The van der Waals surface area contributed by atoms with Crippen LogP contribution in [-0.2, 0) is 13.5 Å². The summed E-state index contributed by atoms with van der Waals surface area (Å²) in [4.78, 5) is 14.2. The number of β-amino-alcohol motifs (C(OH)–C–C–N with tert-alkyl or cyclic N) is 1. The summed E-state index contributed by atoms with van der Waals surface area (Å²) < 4.78 is 1.67. The van der Waals surface area contributed by atoms with E-state index in [0.29, 0.717) is 18.7 Å². The predicted octanol–water partition coefficient (Wildman–Crippen LogP) is 0.970. The lowest BCUT2D eigenvalue weighted by Crippen LogP contribution is -2.48. The van der Waals surface area contributed by atoms with Crippen LogP contribution >= 0.6 is 0 Å². The van der Waals surface area contributed by atoms with E-state index in [9.17, 15) is 9.90 Å². The Balaban J connectivity index is 2.20. The number of carbonyl (C=O) groups is 1. The van der Waals surface area contributed by atoms with Crippen LogP contribution < -0.4 is 0 Å². The maximum absolute atomic E-state index is 12.4. The van der Waals surface area contributed by atoms with E-state index in [1.54, 1.807) is 22.7 Å². The molecule has 0 radical (unpaired) electrons. The second kappa shape index (κ2) is 4.72. The molecule has 0 spiro atoms. The maximum atomic E-state index is 12.4. The monoisotopic (exact) mass is 251 g/mol. The smallest absolute Gasteiger partial charge is 0.257 e. The molecular weight excluding hydrogens is 230 g/mol. The van der Waals surface area contributed by atoms with Gasteiger partial charge >= 0.3 is 0 Å². The molecule has 0 saturated carbocycles. The van der Waals surface area contributed by atoms with Crippen LogP contribution in [0.3, 0.4) is 0 Å². The molecule has 18 heavy (non-hydrogen) atoms.